The Kier molecular flexibility index (Phi) is 2.89. The van der Waals surface area contributed by atoms with Gasteiger partial charge >= 0.3 is 17.9 Å². The van der Waals surface area contributed by atoms with E-state index in [9.17, 15) is 24.6 Å². The van der Waals surface area contributed by atoms with Crippen LogP contribution in [0.4, 0.5) is 0 Å². The highest BCUT2D eigenvalue weighted by Crippen LogP contribution is 2.83. The second-order valence-electron chi connectivity index (χ2n) is 10.6. The quantitative estimate of drug-likeness (QED) is 0.403. The van der Waals surface area contributed by atoms with Crippen LogP contribution in [-0.2, 0) is 33.3 Å². The lowest BCUT2D eigenvalue weighted by molar-refractivity contribution is -0.207. The fourth-order valence-corrected chi connectivity index (χ4v) is 8.28. The van der Waals surface area contributed by atoms with Crippen molar-refractivity contribution in [1.29, 1.82) is 0 Å². The smallest absolute Gasteiger partial charge is 0.340 e. The van der Waals surface area contributed by atoms with Crippen molar-refractivity contribution in [3.8, 4) is 0 Å². The van der Waals surface area contributed by atoms with Gasteiger partial charge in [0.2, 0.25) is 6.29 Å². The number of hydrogen-bond donors (Lipinski definition) is 2. The molecule has 0 aromatic carbocycles. The number of esters is 3. The Hall–Kier alpha value is -1.71. The van der Waals surface area contributed by atoms with Crippen LogP contribution in [0.25, 0.3) is 0 Å². The molecule has 158 valence electrons. The number of fused-ring (bicyclic) bond motifs is 1. The topological polar surface area (TPSA) is 129 Å². The van der Waals surface area contributed by atoms with Crippen LogP contribution >= 0.6 is 0 Å². The van der Waals surface area contributed by atoms with E-state index in [0.29, 0.717) is 0 Å². The van der Waals surface area contributed by atoms with Crippen molar-refractivity contribution in [1.82, 2.24) is 0 Å². The van der Waals surface area contributed by atoms with Gasteiger partial charge in [0.25, 0.3) is 0 Å². The Bertz CT molecular complexity index is 878. The highest BCUT2D eigenvalue weighted by Gasteiger charge is 3.00. The fourth-order valence-electron chi connectivity index (χ4n) is 8.28. The first-order chi connectivity index (χ1) is 13.5. The molecular weight excluding hydrogens is 384 g/mol. The molecular formula is C20H24O9. The Morgan fingerprint density at radius 3 is 2.41 bits per heavy atom. The number of hydrogen-bond acceptors (Lipinski definition) is 9. The molecule has 4 aliphatic heterocycles. The highest BCUT2D eigenvalue weighted by molar-refractivity contribution is 5.91. The summed E-state index contributed by atoms with van der Waals surface area (Å²) in [7, 11) is 0. The van der Waals surface area contributed by atoms with Crippen molar-refractivity contribution in [2.45, 2.75) is 70.4 Å². The summed E-state index contributed by atoms with van der Waals surface area (Å²) in [4.78, 5) is 38.1. The van der Waals surface area contributed by atoms with E-state index >= 15 is 0 Å². The second-order valence-corrected chi connectivity index (χ2v) is 10.6. The minimum absolute atomic E-state index is 0.107. The van der Waals surface area contributed by atoms with Gasteiger partial charge in [0.1, 0.15) is 18.3 Å². The number of carbonyl (C=O) groups is 3. The SMILES string of the molecule is C[C@@H]1C(=O)OC2[C@H]1[C@@]13OC4OC(=O)CC45[C@H](C(C)(C)C)[C@@H](O)C(OC1=O)C53[C@H]2O. The van der Waals surface area contributed by atoms with Crippen LogP contribution in [0.3, 0.4) is 0 Å². The lowest BCUT2D eigenvalue weighted by Gasteiger charge is -2.45. The summed E-state index contributed by atoms with van der Waals surface area (Å²) in [5.41, 5.74) is -4.83. The first kappa shape index (κ1) is 18.1. The molecule has 9 heteroatoms. The van der Waals surface area contributed by atoms with Gasteiger partial charge in [-0.3, -0.25) is 9.59 Å². The van der Waals surface area contributed by atoms with Crippen molar-refractivity contribution in [2.75, 3.05) is 0 Å². The molecule has 2 aliphatic carbocycles. The highest BCUT2D eigenvalue weighted by atomic mass is 16.7. The molecule has 29 heavy (non-hydrogen) atoms. The van der Waals surface area contributed by atoms with Crippen LogP contribution in [0.1, 0.15) is 34.1 Å². The molecule has 0 aromatic heterocycles. The Balaban J connectivity index is 1.69. The molecule has 9 nitrogen and oxygen atoms in total. The Morgan fingerprint density at radius 1 is 1.07 bits per heavy atom. The number of aliphatic hydroxyl groups is 2. The normalized spacial score (nSPS) is 59.2. The third kappa shape index (κ3) is 1.43. The maximum absolute atomic E-state index is 13.3. The second kappa shape index (κ2) is 4.63. The van der Waals surface area contributed by atoms with Crippen molar-refractivity contribution in [3.63, 3.8) is 0 Å². The molecule has 0 radical (unpaired) electrons. The molecule has 6 rings (SSSR count). The molecule has 2 spiro atoms. The summed E-state index contributed by atoms with van der Waals surface area (Å²) in [6.07, 6.45) is -5.71. The monoisotopic (exact) mass is 408 g/mol. The molecule has 11 atom stereocenters. The van der Waals surface area contributed by atoms with E-state index in [2.05, 4.69) is 0 Å². The predicted octanol–water partition coefficient (Wildman–Crippen LogP) is -0.484. The summed E-state index contributed by atoms with van der Waals surface area (Å²) < 4.78 is 23.0. The molecule has 6 aliphatic rings. The van der Waals surface area contributed by atoms with Gasteiger partial charge in [-0.1, -0.05) is 27.7 Å². The zero-order valence-electron chi connectivity index (χ0n) is 16.6. The van der Waals surface area contributed by atoms with Gasteiger partial charge in [-0.15, -0.1) is 0 Å². The zero-order chi connectivity index (χ0) is 20.9. The summed E-state index contributed by atoms with van der Waals surface area (Å²) in [6.45, 7) is 7.43. The first-order valence-corrected chi connectivity index (χ1v) is 10.1. The number of aliphatic hydroxyl groups excluding tert-OH is 2. The van der Waals surface area contributed by atoms with Crippen LogP contribution in [0, 0.1) is 34.0 Å². The number of carbonyl (C=O) groups excluding carboxylic acids is 3. The van der Waals surface area contributed by atoms with E-state index in [4.69, 9.17) is 18.9 Å². The van der Waals surface area contributed by atoms with Crippen molar-refractivity contribution >= 4 is 17.9 Å². The van der Waals surface area contributed by atoms with Gasteiger partial charge in [0, 0.05) is 5.92 Å². The molecule has 4 heterocycles. The molecule has 6 fully saturated rings. The Labute approximate surface area is 166 Å². The fraction of sp³-hybridized carbons (Fsp3) is 0.850. The maximum Gasteiger partial charge on any atom is 0.340 e. The van der Waals surface area contributed by atoms with E-state index in [1.54, 1.807) is 6.92 Å². The van der Waals surface area contributed by atoms with Crippen molar-refractivity contribution in [3.05, 3.63) is 0 Å². The van der Waals surface area contributed by atoms with E-state index in [1.165, 1.54) is 0 Å². The van der Waals surface area contributed by atoms with E-state index in [-0.39, 0.29) is 6.42 Å². The third-order valence-corrected chi connectivity index (χ3v) is 8.66. The molecule has 2 saturated carbocycles. The molecule has 0 amide bonds. The van der Waals surface area contributed by atoms with Crippen LogP contribution in [0.5, 0.6) is 0 Å². The van der Waals surface area contributed by atoms with Gasteiger partial charge in [-0.25, -0.2) is 4.79 Å². The standard InChI is InChI=1S/C20H24O9/c1-6-8-10(27-14(6)24)12(23)19-13-9(22)11(17(2,3)4)18(19)5-7(21)26-16(18)29-20(8,19)15(25)28-13/h6,8-13,16,22-23H,5H2,1-4H3/t6-,8-,9+,10?,11-,12-,13?,16?,18?,19?,20+/m0/s1. The maximum atomic E-state index is 13.3. The summed E-state index contributed by atoms with van der Waals surface area (Å²) in [5.74, 6) is -3.79. The van der Waals surface area contributed by atoms with E-state index in [0.717, 1.165) is 0 Å². The molecule has 0 aromatic rings. The Morgan fingerprint density at radius 2 is 1.76 bits per heavy atom. The zero-order valence-corrected chi connectivity index (χ0v) is 16.6. The average Bonchev–Trinajstić information content (AvgIpc) is 3.30. The van der Waals surface area contributed by atoms with E-state index < -0.39 is 88.2 Å². The molecule has 5 unspecified atom stereocenters. The van der Waals surface area contributed by atoms with Crippen LogP contribution in [-0.4, -0.2) is 64.4 Å². The van der Waals surface area contributed by atoms with Gasteiger partial charge in [0.05, 0.1) is 35.2 Å². The summed E-state index contributed by atoms with van der Waals surface area (Å²) >= 11 is 0. The third-order valence-electron chi connectivity index (χ3n) is 8.66. The van der Waals surface area contributed by atoms with Crippen LogP contribution in [0.15, 0.2) is 0 Å². The first-order valence-electron chi connectivity index (χ1n) is 10.1. The summed E-state index contributed by atoms with van der Waals surface area (Å²) in [6, 6.07) is 0. The van der Waals surface area contributed by atoms with Gasteiger partial charge in [-0.05, 0) is 5.41 Å². The van der Waals surface area contributed by atoms with Gasteiger partial charge in [0.15, 0.2) is 5.60 Å². The molecule has 2 N–H and O–H groups in total. The average molecular weight is 408 g/mol. The van der Waals surface area contributed by atoms with Crippen LogP contribution in [0.2, 0.25) is 0 Å². The van der Waals surface area contributed by atoms with Crippen molar-refractivity contribution < 1.29 is 43.5 Å². The number of rotatable bonds is 0. The largest absolute Gasteiger partial charge is 0.459 e. The molecule has 0 bridgehead atoms. The lowest BCUT2D eigenvalue weighted by Crippen LogP contribution is -2.59. The van der Waals surface area contributed by atoms with Gasteiger partial charge in [-0.2, -0.15) is 0 Å². The van der Waals surface area contributed by atoms with Gasteiger partial charge < -0.3 is 29.2 Å². The minimum Gasteiger partial charge on any atom is -0.459 e. The minimum atomic E-state index is -1.71. The van der Waals surface area contributed by atoms with Crippen molar-refractivity contribution in [2.24, 2.45) is 34.0 Å². The van der Waals surface area contributed by atoms with E-state index in [1.807, 2.05) is 20.8 Å². The summed E-state index contributed by atoms with van der Waals surface area (Å²) in [5, 5.41) is 23.0. The molecule has 4 saturated heterocycles. The lowest BCUT2D eigenvalue weighted by atomic mass is 9.52. The van der Waals surface area contributed by atoms with Crippen LogP contribution < -0.4 is 0 Å². The predicted molar refractivity (Wildman–Crippen MR) is 90.6 cm³/mol. The number of ether oxygens (including phenoxy) is 4.